The van der Waals surface area contributed by atoms with Crippen LogP contribution in [-0.4, -0.2) is 21.1 Å². The van der Waals surface area contributed by atoms with Gasteiger partial charge in [0, 0.05) is 5.39 Å². The molecule has 0 aliphatic carbocycles. The standard InChI is InChI=1S/C13H10FN5O/c14-11-9(2-1-3-10(11)15)13(20)18-8-4-7-5-17-19-12(7)16-6-8/h1-6H,15H2,(H,18,20)(H,16,17,19). The van der Waals surface area contributed by atoms with Gasteiger partial charge in [-0.15, -0.1) is 0 Å². The van der Waals surface area contributed by atoms with Crippen LogP contribution in [0.5, 0.6) is 0 Å². The molecule has 20 heavy (non-hydrogen) atoms. The number of halogens is 1. The lowest BCUT2D eigenvalue weighted by Gasteiger charge is -2.07. The molecule has 2 aromatic heterocycles. The number of benzene rings is 1. The molecule has 0 atom stereocenters. The zero-order valence-electron chi connectivity index (χ0n) is 10.2. The van der Waals surface area contributed by atoms with E-state index in [1.807, 2.05) is 0 Å². The number of amides is 1. The maximum absolute atomic E-state index is 13.7. The van der Waals surface area contributed by atoms with E-state index in [9.17, 15) is 9.18 Å². The number of hydrogen-bond acceptors (Lipinski definition) is 4. The van der Waals surface area contributed by atoms with Gasteiger partial charge in [0.2, 0.25) is 0 Å². The summed E-state index contributed by atoms with van der Waals surface area (Å²) < 4.78 is 13.7. The van der Waals surface area contributed by atoms with Gasteiger partial charge in [-0.1, -0.05) is 6.07 Å². The minimum Gasteiger partial charge on any atom is -0.396 e. The van der Waals surface area contributed by atoms with Crippen molar-refractivity contribution in [3.63, 3.8) is 0 Å². The second-order valence-electron chi connectivity index (χ2n) is 4.19. The Kier molecular flexibility index (Phi) is 2.79. The quantitative estimate of drug-likeness (QED) is 0.620. The van der Waals surface area contributed by atoms with Gasteiger partial charge in [0.05, 0.1) is 29.3 Å². The van der Waals surface area contributed by atoms with E-state index < -0.39 is 11.7 Å². The number of carbonyl (C=O) groups excluding carboxylic acids is 1. The summed E-state index contributed by atoms with van der Waals surface area (Å²) in [6.45, 7) is 0. The van der Waals surface area contributed by atoms with Crippen LogP contribution in [0.2, 0.25) is 0 Å². The lowest BCUT2D eigenvalue weighted by molar-refractivity contribution is 0.102. The summed E-state index contributed by atoms with van der Waals surface area (Å²) in [5.74, 6) is -1.32. The zero-order chi connectivity index (χ0) is 14.1. The number of nitrogens with two attached hydrogens (primary N) is 1. The molecule has 0 radical (unpaired) electrons. The second kappa shape index (κ2) is 4.61. The zero-order valence-corrected chi connectivity index (χ0v) is 10.2. The minimum absolute atomic E-state index is 0.0685. The van der Waals surface area contributed by atoms with Crippen molar-refractivity contribution in [3.8, 4) is 0 Å². The molecule has 0 bridgehead atoms. The fraction of sp³-hybridized carbons (Fsp3) is 0. The van der Waals surface area contributed by atoms with Crippen molar-refractivity contribution in [1.29, 1.82) is 0 Å². The summed E-state index contributed by atoms with van der Waals surface area (Å²) >= 11 is 0. The number of pyridine rings is 1. The number of fused-ring (bicyclic) bond motifs is 1. The highest BCUT2D eigenvalue weighted by atomic mass is 19.1. The van der Waals surface area contributed by atoms with Gasteiger partial charge in [-0.05, 0) is 18.2 Å². The van der Waals surface area contributed by atoms with Crippen LogP contribution in [-0.2, 0) is 0 Å². The Hall–Kier alpha value is -2.96. The number of anilines is 2. The number of hydrogen-bond donors (Lipinski definition) is 3. The monoisotopic (exact) mass is 271 g/mol. The van der Waals surface area contributed by atoms with Gasteiger partial charge >= 0.3 is 0 Å². The first kappa shape index (κ1) is 12.1. The minimum atomic E-state index is -0.734. The lowest BCUT2D eigenvalue weighted by Crippen LogP contribution is -2.14. The van der Waals surface area contributed by atoms with Crippen molar-refractivity contribution in [1.82, 2.24) is 15.2 Å². The summed E-state index contributed by atoms with van der Waals surface area (Å²) in [6, 6.07) is 5.97. The predicted molar refractivity (Wildman–Crippen MR) is 72.7 cm³/mol. The molecule has 7 heteroatoms. The number of aromatic amines is 1. The van der Waals surface area contributed by atoms with Crippen LogP contribution in [0.1, 0.15) is 10.4 Å². The molecule has 6 nitrogen and oxygen atoms in total. The number of nitrogens with one attached hydrogen (secondary N) is 2. The molecule has 2 heterocycles. The van der Waals surface area contributed by atoms with Gasteiger partial charge in [-0.25, -0.2) is 9.37 Å². The van der Waals surface area contributed by atoms with Crippen molar-refractivity contribution in [2.45, 2.75) is 0 Å². The fourth-order valence-corrected chi connectivity index (χ4v) is 1.83. The molecule has 100 valence electrons. The molecule has 0 saturated heterocycles. The maximum atomic E-state index is 13.7. The van der Waals surface area contributed by atoms with Gasteiger partial charge in [0.25, 0.3) is 5.91 Å². The average molecular weight is 271 g/mol. The molecule has 0 saturated carbocycles. The Morgan fingerprint density at radius 2 is 2.20 bits per heavy atom. The van der Waals surface area contributed by atoms with Crippen LogP contribution in [0.15, 0.2) is 36.7 Å². The van der Waals surface area contributed by atoms with Gasteiger partial charge in [0.15, 0.2) is 11.5 Å². The van der Waals surface area contributed by atoms with Crippen LogP contribution in [0, 0.1) is 5.82 Å². The van der Waals surface area contributed by atoms with E-state index in [2.05, 4.69) is 20.5 Å². The van der Waals surface area contributed by atoms with Crippen LogP contribution in [0.3, 0.4) is 0 Å². The van der Waals surface area contributed by atoms with Crippen molar-refractivity contribution < 1.29 is 9.18 Å². The molecule has 0 spiro atoms. The third kappa shape index (κ3) is 2.05. The molecule has 0 fully saturated rings. The highest BCUT2D eigenvalue weighted by molar-refractivity contribution is 6.05. The molecule has 1 aromatic carbocycles. The van der Waals surface area contributed by atoms with E-state index in [-0.39, 0.29) is 11.3 Å². The van der Waals surface area contributed by atoms with Crippen molar-refractivity contribution in [3.05, 3.63) is 48.0 Å². The Bertz CT molecular complexity index is 798. The van der Waals surface area contributed by atoms with E-state index >= 15 is 0 Å². The molecule has 0 unspecified atom stereocenters. The average Bonchev–Trinajstić information content (AvgIpc) is 2.89. The molecular weight excluding hydrogens is 261 g/mol. The molecule has 0 aliphatic heterocycles. The topological polar surface area (TPSA) is 96.7 Å². The third-order valence-electron chi connectivity index (χ3n) is 2.82. The van der Waals surface area contributed by atoms with Gasteiger partial charge < -0.3 is 11.1 Å². The van der Waals surface area contributed by atoms with E-state index in [4.69, 9.17) is 5.73 Å². The van der Waals surface area contributed by atoms with Gasteiger partial charge in [-0.2, -0.15) is 5.10 Å². The van der Waals surface area contributed by atoms with Gasteiger partial charge in [-0.3, -0.25) is 9.89 Å². The largest absolute Gasteiger partial charge is 0.396 e. The van der Waals surface area contributed by atoms with Crippen molar-refractivity contribution in [2.24, 2.45) is 0 Å². The highest BCUT2D eigenvalue weighted by Crippen LogP contribution is 2.18. The van der Waals surface area contributed by atoms with Crippen molar-refractivity contribution in [2.75, 3.05) is 11.1 Å². The van der Waals surface area contributed by atoms with Crippen LogP contribution in [0.25, 0.3) is 11.0 Å². The summed E-state index contributed by atoms with van der Waals surface area (Å²) in [6.07, 6.45) is 3.04. The maximum Gasteiger partial charge on any atom is 0.258 e. The van der Waals surface area contributed by atoms with E-state index in [0.29, 0.717) is 11.3 Å². The van der Waals surface area contributed by atoms with E-state index in [0.717, 1.165) is 5.39 Å². The second-order valence-corrected chi connectivity index (χ2v) is 4.19. The van der Waals surface area contributed by atoms with E-state index in [1.54, 1.807) is 12.3 Å². The molecule has 3 aromatic rings. The predicted octanol–water partition coefficient (Wildman–Crippen LogP) is 1.93. The number of nitrogens with zero attached hydrogens (tertiary/aromatic N) is 2. The first-order chi connectivity index (χ1) is 9.65. The SMILES string of the molecule is Nc1cccc(C(=O)Nc2cnc3[nH]ncc3c2)c1F. The van der Waals surface area contributed by atoms with Gasteiger partial charge in [0.1, 0.15) is 0 Å². The fourth-order valence-electron chi connectivity index (χ4n) is 1.83. The smallest absolute Gasteiger partial charge is 0.258 e. The van der Waals surface area contributed by atoms with Crippen LogP contribution >= 0.6 is 0 Å². The number of nitrogen functional groups attached to an aromatic ring is 1. The Balaban J connectivity index is 1.90. The molecular formula is C13H10FN5O. The molecule has 0 aliphatic rings. The first-order valence-electron chi connectivity index (χ1n) is 5.79. The summed E-state index contributed by atoms with van der Waals surface area (Å²) in [5, 5.41) is 9.84. The normalized spacial score (nSPS) is 10.7. The third-order valence-corrected chi connectivity index (χ3v) is 2.82. The summed E-state index contributed by atoms with van der Waals surface area (Å²) in [5.41, 5.74) is 6.31. The number of H-pyrrole nitrogens is 1. The summed E-state index contributed by atoms with van der Waals surface area (Å²) in [7, 11) is 0. The Morgan fingerprint density at radius 1 is 1.35 bits per heavy atom. The van der Waals surface area contributed by atoms with Crippen molar-refractivity contribution >= 4 is 28.3 Å². The number of rotatable bonds is 2. The Labute approximate surface area is 112 Å². The molecule has 4 N–H and O–H groups in total. The van der Waals surface area contributed by atoms with Crippen LogP contribution in [0.4, 0.5) is 15.8 Å². The first-order valence-corrected chi connectivity index (χ1v) is 5.79. The van der Waals surface area contributed by atoms with Crippen LogP contribution < -0.4 is 11.1 Å². The number of carbonyl (C=O) groups is 1. The highest BCUT2D eigenvalue weighted by Gasteiger charge is 2.14. The summed E-state index contributed by atoms with van der Waals surface area (Å²) in [4.78, 5) is 16.1. The molecule has 3 rings (SSSR count). The Morgan fingerprint density at radius 3 is 3.05 bits per heavy atom. The number of aromatic nitrogens is 3. The lowest BCUT2D eigenvalue weighted by atomic mass is 10.1. The van der Waals surface area contributed by atoms with E-state index in [1.165, 1.54) is 24.4 Å². The molecule has 1 amide bonds.